The number of anilines is 1. The van der Waals surface area contributed by atoms with Crippen LogP contribution >= 0.6 is 0 Å². The number of piperidine rings is 1. The highest BCUT2D eigenvalue weighted by molar-refractivity contribution is 5.95. The van der Waals surface area contributed by atoms with Crippen LogP contribution in [0.2, 0.25) is 0 Å². The summed E-state index contributed by atoms with van der Waals surface area (Å²) in [6.07, 6.45) is 9.61. The molecule has 2 aliphatic rings. The zero-order valence-electron chi connectivity index (χ0n) is 14.4. The van der Waals surface area contributed by atoms with Crippen molar-refractivity contribution in [2.24, 2.45) is 0 Å². The minimum Gasteiger partial charge on any atom is -0.336 e. The highest BCUT2D eigenvalue weighted by atomic mass is 16.2. The molecule has 3 rings (SSSR count). The van der Waals surface area contributed by atoms with Gasteiger partial charge in [0.15, 0.2) is 0 Å². The number of likely N-dealkylation sites (tertiary alicyclic amines) is 1. The minimum atomic E-state index is 0.111. The van der Waals surface area contributed by atoms with Crippen molar-refractivity contribution in [2.45, 2.75) is 51.5 Å². The molecule has 1 unspecified atom stereocenters. The van der Waals surface area contributed by atoms with Gasteiger partial charge >= 0.3 is 0 Å². The smallest absolute Gasteiger partial charge is 0.246 e. The first-order chi connectivity index (χ1) is 11.7. The fraction of sp³-hybridized carbons (Fsp3) is 0.500. The average molecular weight is 326 g/mol. The fourth-order valence-corrected chi connectivity index (χ4v) is 3.66. The quantitative estimate of drug-likeness (QED) is 0.793. The summed E-state index contributed by atoms with van der Waals surface area (Å²) >= 11 is 0. The van der Waals surface area contributed by atoms with E-state index < -0.39 is 0 Å². The molecule has 2 fully saturated rings. The van der Waals surface area contributed by atoms with Gasteiger partial charge in [-0.25, -0.2) is 0 Å². The summed E-state index contributed by atoms with van der Waals surface area (Å²) in [5.41, 5.74) is 1.94. The number of hydrogen-bond donors (Lipinski definition) is 0. The first-order valence-corrected chi connectivity index (χ1v) is 9.08. The van der Waals surface area contributed by atoms with E-state index in [0.29, 0.717) is 12.5 Å². The average Bonchev–Trinajstić information content (AvgIpc) is 3.06. The number of benzene rings is 1. The first-order valence-electron chi connectivity index (χ1n) is 9.08. The summed E-state index contributed by atoms with van der Waals surface area (Å²) in [4.78, 5) is 28.1. The Morgan fingerprint density at radius 2 is 1.96 bits per heavy atom. The van der Waals surface area contributed by atoms with Gasteiger partial charge in [-0.05, 0) is 55.9 Å². The lowest BCUT2D eigenvalue weighted by Gasteiger charge is -2.34. The van der Waals surface area contributed by atoms with E-state index in [4.69, 9.17) is 0 Å². The van der Waals surface area contributed by atoms with Crippen LogP contribution in [-0.4, -0.2) is 35.8 Å². The van der Waals surface area contributed by atoms with E-state index in [1.807, 2.05) is 40.1 Å². The molecular weight excluding hydrogens is 300 g/mol. The van der Waals surface area contributed by atoms with Crippen molar-refractivity contribution in [3.63, 3.8) is 0 Å². The van der Waals surface area contributed by atoms with Crippen molar-refractivity contribution in [3.05, 3.63) is 35.9 Å². The molecule has 0 spiro atoms. The Morgan fingerprint density at radius 1 is 1.17 bits per heavy atom. The van der Waals surface area contributed by atoms with E-state index in [1.165, 1.54) is 6.42 Å². The molecule has 1 aromatic rings. The summed E-state index contributed by atoms with van der Waals surface area (Å²) in [6.45, 7) is 3.83. The van der Waals surface area contributed by atoms with Gasteiger partial charge in [0.2, 0.25) is 11.8 Å². The van der Waals surface area contributed by atoms with Crippen molar-refractivity contribution < 1.29 is 9.59 Å². The highest BCUT2D eigenvalue weighted by Gasteiger charge is 2.23. The van der Waals surface area contributed by atoms with Crippen LogP contribution in [0.15, 0.2) is 30.3 Å². The molecule has 0 N–H and O–H groups in total. The lowest BCUT2D eigenvalue weighted by molar-refractivity contribution is -0.129. The molecular formula is C20H26N2O2. The summed E-state index contributed by atoms with van der Waals surface area (Å²) < 4.78 is 0. The molecule has 2 aliphatic heterocycles. The van der Waals surface area contributed by atoms with Gasteiger partial charge in [-0.1, -0.05) is 19.1 Å². The van der Waals surface area contributed by atoms with Crippen molar-refractivity contribution in [1.82, 2.24) is 4.90 Å². The highest BCUT2D eigenvalue weighted by Crippen LogP contribution is 2.23. The molecule has 0 bridgehead atoms. The van der Waals surface area contributed by atoms with E-state index in [9.17, 15) is 9.59 Å². The largest absolute Gasteiger partial charge is 0.336 e. The molecule has 2 amide bonds. The maximum absolute atomic E-state index is 12.4. The fourth-order valence-electron chi connectivity index (χ4n) is 3.66. The zero-order chi connectivity index (χ0) is 16.9. The van der Waals surface area contributed by atoms with E-state index in [1.54, 1.807) is 6.08 Å². The van der Waals surface area contributed by atoms with Crippen LogP contribution in [0.5, 0.6) is 0 Å². The van der Waals surface area contributed by atoms with Crippen molar-refractivity contribution in [3.8, 4) is 0 Å². The first kappa shape index (κ1) is 16.7. The lowest BCUT2D eigenvalue weighted by Crippen LogP contribution is -2.42. The van der Waals surface area contributed by atoms with Crippen LogP contribution in [0.25, 0.3) is 6.08 Å². The number of nitrogens with zero attached hydrogens (tertiary/aromatic N) is 2. The molecule has 128 valence electrons. The second kappa shape index (κ2) is 7.65. The zero-order valence-corrected chi connectivity index (χ0v) is 14.4. The Balaban J connectivity index is 1.63. The molecule has 2 heterocycles. The Labute approximate surface area is 144 Å². The maximum Gasteiger partial charge on any atom is 0.246 e. The third kappa shape index (κ3) is 3.69. The van der Waals surface area contributed by atoms with E-state index in [2.05, 4.69) is 6.92 Å². The molecule has 4 heteroatoms. The summed E-state index contributed by atoms with van der Waals surface area (Å²) in [5.74, 6) is 0.310. The van der Waals surface area contributed by atoms with E-state index in [0.717, 1.165) is 50.0 Å². The van der Waals surface area contributed by atoms with Gasteiger partial charge in [0.1, 0.15) is 0 Å². The molecule has 2 saturated heterocycles. The molecule has 4 nitrogen and oxygen atoms in total. The molecule has 0 aromatic heterocycles. The van der Waals surface area contributed by atoms with Crippen LogP contribution < -0.4 is 4.90 Å². The van der Waals surface area contributed by atoms with Crippen LogP contribution in [0.4, 0.5) is 5.69 Å². The van der Waals surface area contributed by atoms with Gasteiger partial charge in [-0.3, -0.25) is 9.59 Å². The van der Waals surface area contributed by atoms with Crippen molar-refractivity contribution in [2.75, 3.05) is 18.0 Å². The standard InChI is InChI=1S/C20H26N2O2/c1-2-17-6-3-4-14-21(17)20(24)13-10-16-8-11-18(12-9-16)22-15-5-7-19(22)23/h8-13,17H,2-7,14-15H2,1H3/b13-10+. The minimum absolute atomic E-state index is 0.111. The van der Waals surface area contributed by atoms with Gasteiger partial charge in [0, 0.05) is 37.3 Å². The number of hydrogen-bond acceptors (Lipinski definition) is 2. The topological polar surface area (TPSA) is 40.6 Å². The van der Waals surface area contributed by atoms with E-state index in [-0.39, 0.29) is 11.8 Å². The molecule has 1 aromatic carbocycles. The third-order valence-corrected chi connectivity index (χ3v) is 5.08. The SMILES string of the molecule is CCC1CCCCN1C(=O)/C=C/c1ccc(N2CCCC2=O)cc1. The van der Waals surface area contributed by atoms with Crippen LogP contribution in [0, 0.1) is 0 Å². The summed E-state index contributed by atoms with van der Waals surface area (Å²) in [7, 11) is 0. The Bertz CT molecular complexity index is 621. The molecule has 0 saturated carbocycles. The van der Waals surface area contributed by atoms with Gasteiger partial charge in [-0.15, -0.1) is 0 Å². The number of amides is 2. The van der Waals surface area contributed by atoms with Crippen molar-refractivity contribution >= 4 is 23.6 Å². The lowest BCUT2D eigenvalue weighted by atomic mass is 10.00. The van der Waals surface area contributed by atoms with Gasteiger partial charge in [-0.2, -0.15) is 0 Å². The summed E-state index contributed by atoms with van der Waals surface area (Å²) in [6, 6.07) is 8.25. The molecule has 1 atom stereocenters. The Hall–Kier alpha value is -2.10. The maximum atomic E-state index is 12.4. The number of rotatable bonds is 4. The summed E-state index contributed by atoms with van der Waals surface area (Å²) in [5, 5.41) is 0. The molecule has 0 radical (unpaired) electrons. The Kier molecular flexibility index (Phi) is 5.34. The van der Waals surface area contributed by atoms with Crippen LogP contribution in [0.3, 0.4) is 0 Å². The predicted molar refractivity (Wildman–Crippen MR) is 96.7 cm³/mol. The van der Waals surface area contributed by atoms with Gasteiger partial charge in [0.25, 0.3) is 0 Å². The Morgan fingerprint density at radius 3 is 2.62 bits per heavy atom. The number of carbonyl (C=O) groups excluding carboxylic acids is 2. The molecule has 24 heavy (non-hydrogen) atoms. The monoisotopic (exact) mass is 326 g/mol. The number of carbonyl (C=O) groups is 2. The predicted octanol–water partition coefficient (Wildman–Crippen LogP) is 3.62. The normalized spacial score (nSPS) is 21.7. The molecule has 0 aliphatic carbocycles. The third-order valence-electron chi connectivity index (χ3n) is 5.08. The van der Waals surface area contributed by atoms with Gasteiger partial charge in [0.05, 0.1) is 0 Å². The second-order valence-electron chi connectivity index (χ2n) is 6.66. The van der Waals surface area contributed by atoms with Crippen molar-refractivity contribution in [1.29, 1.82) is 0 Å². The van der Waals surface area contributed by atoms with Crippen LogP contribution in [-0.2, 0) is 9.59 Å². The van der Waals surface area contributed by atoms with Gasteiger partial charge < -0.3 is 9.80 Å². The van der Waals surface area contributed by atoms with Crippen LogP contribution in [0.1, 0.15) is 51.0 Å². The second-order valence-corrected chi connectivity index (χ2v) is 6.66. The van der Waals surface area contributed by atoms with E-state index >= 15 is 0 Å².